The van der Waals surface area contributed by atoms with Gasteiger partial charge < -0.3 is 15.2 Å². The lowest BCUT2D eigenvalue weighted by molar-refractivity contribution is -0.143. The average molecular weight is 582 g/mol. The predicted octanol–water partition coefficient (Wildman–Crippen LogP) is 10.4. The number of aliphatic hydroxyl groups excluding tert-OH is 1. The van der Waals surface area contributed by atoms with Gasteiger partial charge in [0.15, 0.2) is 0 Å². The quantitative estimate of drug-likeness (QED) is 0.0612. The Morgan fingerprint density at radius 2 is 0.902 bits per heavy atom. The number of unbranched alkanes of at least 4 members (excludes halogenated alkanes) is 24. The van der Waals surface area contributed by atoms with Crippen LogP contribution in [0.4, 0.5) is 0 Å². The Morgan fingerprint density at radius 3 is 1.27 bits per heavy atom. The minimum Gasteiger partial charge on any atom is -0.464 e. The van der Waals surface area contributed by atoms with E-state index >= 15 is 0 Å². The maximum Gasteiger partial charge on any atom is 0.302 e. The second-order valence-electron chi connectivity index (χ2n) is 12.6. The Morgan fingerprint density at radius 1 is 0.561 bits per heavy atom. The molecule has 0 heterocycles. The molecule has 5 heteroatoms. The molecule has 0 rings (SSSR count). The van der Waals surface area contributed by atoms with E-state index in [0.717, 1.165) is 25.7 Å². The molecule has 0 aromatic carbocycles. The summed E-state index contributed by atoms with van der Waals surface area (Å²) in [5.41, 5.74) is 0. The summed E-state index contributed by atoms with van der Waals surface area (Å²) < 4.78 is 5.15. The molecule has 244 valence electrons. The van der Waals surface area contributed by atoms with Gasteiger partial charge in [0, 0.05) is 13.3 Å². The molecular formula is C36H71NO4. The fourth-order valence-corrected chi connectivity index (χ4v) is 5.61. The molecule has 0 unspecified atom stereocenters. The van der Waals surface area contributed by atoms with Crippen molar-refractivity contribution in [1.29, 1.82) is 0 Å². The summed E-state index contributed by atoms with van der Waals surface area (Å²) in [5, 5.41) is 13.7. The standard InChI is InChI=1S/C36H71NO4/c1-4-6-8-10-12-14-16-17-18-19-21-23-25-27-29-31-36(40)37-34(32-41-33(3)38)35(39)30-28-26-24-22-20-15-13-11-9-7-5-2/h34-35,39H,4-32H2,1-3H3,(H,37,40)/t34-,35+/m0/s1. The molecule has 0 saturated heterocycles. The van der Waals surface area contributed by atoms with Crippen molar-refractivity contribution >= 4 is 11.9 Å². The molecule has 2 N–H and O–H groups in total. The van der Waals surface area contributed by atoms with Crippen molar-refractivity contribution in [3.63, 3.8) is 0 Å². The van der Waals surface area contributed by atoms with Crippen molar-refractivity contribution in [2.24, 2.45) is 0 Å². The second kappa shape index (κ2) is 31.8. The van der Waals surface area contributed by atoms with Gasteiger partial charge in [0.2, 0.25) is 5.91 Å². The van der Waals surface area contributed by atoms with Crippen LogP contribution in [0.5, 0.6) is 0 Å². The molecule has 0 aromatic heterocycles. The van der Waals surface area contributed by atoms with Gasteiger partial charge in [-0.1, -0.05) is 174 Å². The molecule has 1 amide bonds. The minimum absolute atomic E-state index is 0.0408. The van der Waals surface area contributed by atoms with Gasteiger partial charge in [-0.2, -0.15) is 0 Å². The molecule has 5 nitrogen and oxygen atoms in total. The number of amides is 1. The van der Waals surface area contributed by atoms with Crippen LogP contribution in [-0.4, -0.2) is 35.7 Å². The number of carbonyl (C=O) groups is 2. The van der Waals surface area contributed by atoms with Crippen molar-refractivity contribution in [3.05, 3.63) is 0 Å². The third kappa shape index (κ3) is 30.2. The van der Waals surface area contributed by atoms with Crippen LogP contribution in [-0.2, 0) is 14.3 Å². The lowest BCUT2D eigenvalue weighted by Gasteiger charge is -2.24. The van der Waals surface area contributed by atoms with Gasteiger partial charge in [-0.3, -0.25) is 9.59 Å². The zero-order valence-corrected chi connectivity index (χ0v) is 27.8. The van der Waals surface area contributed by atoms with Crippen LogP contribution >= 0.6 is 0 Å². The second-order valence-corrected chi connectivity index (χ2v) is 12.6. The predicted molar refractivity (Wildman–Crippen MR) is 175 cm³/mol. The Bertz CT molecular complexity index is 568. The molecule has 0 spiro atoms. The van der Waals surface area contributed by atoms with Crippen LogP contribution in [0.2, 0.25) is 0 Å². The Hall–Kier alpha value is -1.10. The lowest BCUT2D eigenvalue weighted by Crippen LogP contribution is -2.46. The highest BCUT2D eigenvalue weighted by molar-refractivity contribution is 5.76. The molecule has 0 aliphatic heterocycles. The molecule has 0 fully saturated rings. The van der Waals surface area contributed by atoms with E-state index in [4.69, 9.17) is 4.74 Å². The van der Waals surface area contributed by atoms with E-state index in [2.05, 4.69) is 19.2 Å². The Kier molecular flexibility index (Phi) is 31.0. The first-order valence-electron chi connectivity index (χ1n) is 18.1. The maximum atomic E-state index is 12.5. The zero-order chi connectivity index (χ0) is 30.2. The third-order valence-electron chi connectivity index (χ3n) is 8.39. The van der Waals surface area contributed by atoms with Crippen molar-refractivity contribution in [2.45, 2.75) is 213 Å². The summed E-state index contributed by atoms with van der Waals surface area (Å²) in [6, 6.07) is -0.522. The Balaban J connectivity index is 3.85. The van der Waals surface area contributed by atoms with Crippen molar-refractivity contribution in [3.8, 4) is 0 Å². The van der Waals surface area contributed by atoms with Crippen molar-refractivity contribution < 1.29 is 19.4 Å². The summed E-state index contributed by atoms with van der Waals surface area (Å²) in [5.74, 6) is -0.427. The van der Waals surface area contributed by atoms with Gasteiger partial charge >= 0.3 is 5.97 Å². The molecule has 2 atom stereocenters. The van der Waals surface area contributed by atoms with Crippen LogP contribution in [0.15, 0.2) is 0 Å². The number of hydrogen-bond acceptors (Lipinski definition) is 4. The highest BCUT2D eigenvalue weighted by Gasteiger charge is 2.22. The average Bonchev–Trinajstić information content (AvgIpc) is 2.95. The first-order valence-corrected chi connectivity index (χ1v) is 18.1. The first kappa shape index (κ1) is 39.9. The molecule has 0 aliphatic carbocycles. The van der Waals surface area contributed by atoms with Crippen LogP contribution in [0.3, 0.4) is 0 Å². The van der Waals surface area contributed by atoms with E-state index in [1.54, 1.807) is 0 Å². The van der Waals surface area contributed by atoms with Crippen LogP contribution in [0.25, 0.3) is 0 Å². The van der Waals surface area contributed by atoms with Gasteiger partial charge in [0.25, 0.3) is 0 Å². The van der Waals surface area contributed by atoms with Gasteiger partial charge in [0.1, 0.15) is 6.61 Å². The number of nitrogens with one attached hydrogen (secondary N) is 1. The SMILES string of the molecule is CCCCCCCCCCCCCCCCCC(=O)N[C@@H](COC(C)=O)[C@H](O)CCCCCCCCCCCCC. The molecule has 0 bridgehead atoms. The van der Waals surface area contributed by atoms with E-state index in [-0.39, 0.29) is 18.5 Å². The number of esters is 1. The summed E-state index contributed by atoms with van der Waals surface area (Å²) in [6.07, 6.45) is 33.8. The smallest absolute Gasteiger partial charge is 0.302 e. The molecule has 41 heavy (non-hydrogen) atoms. The normalized spacial score (nSPS) is 12.8. The topological polar surface area (TPSA) is 75.6 Å². The van der Waals surface area contributed by atoms with Gasteiger partial charge in [-0.15, -0.1) is 0 Å². The number of aliphatic hydroxyl groups is 1. The Labute approximate surface area is 255 Å². The molecule has 0 saturated carbocycles. The number of ether oxygens (including phenoxy) is 1. The lowest BCUT2D eigenvalue weighted by atomic mass is 10.0. The van der Waals surface area contributed by atoms with Gasteiger partial charge in [0.05, 0.1) is 12.1 Å². The van der Waals surface area contributed by atoms with Crippen molar-refractivity contribution in [1.82, 2.24) is 5.32 Å². The molecular weight excluding hydrogens is 510 g/mol. The fourth-order valence-electron chi connectivity index (χ4n) is 5.61. The van der Waals surface area contributed by atoms with E-state index in [0.29, 0.717) is 12.8 Å². The van der Waals surface area contributed by atoms with E-state index in [1.165, 1.54) is 148 Å². The zero-order valence-electron chi connectivity index (χ0n) is 27.8. The molecule has 0 aromatic rings. The summed E-state index contributed by atoms with van der Waals surface area (Å²) in [6.45, 7) is 5.93. The van der Waals surface area contributed by atoms with E-state index in [9.17, 15) is 14.7 Å². The minimum atomic E-state index is -0.682. The first-order chi connectivity index (χ1) is 20.0. The monoisotopic (exact) mass is 582 g/mol. The fraction of sp³-hybridized carbons (Fsp3) is 0.944. The summed E-state index contributed by atoms with van der Waals surface area (Å²) >= 11 is 0. The van der Waals surface area contributed by atoms with Crippen molar-refractivity contribution in [2.75, 3.05) is 6.61 Å². The number of hydrogen-bond donors (Lipinski definition) is 2. The van der Waals surface area contributed by atoms with Crippen LogP contribution < -0.4 is 5.32 Å². The number of rotatable bonds is 32. The third-order valence-corrected chi connectivity index (χ3v) is 8.39. The van der Waals surface area contributed by atoms with Crippen LogP contribution in [0.1, 0.15) is 201 Å². The highest BCUT2D eigenvalue weighted by atomic mass is 16.5. The largest absolute Gasteiger partial charge is 0.464 e. The molecule has 0 radical (unpaired) electrons. The summed E-state index contributed by atoms with van der Waals surface area (Å²) in [7, 11) is 0. The van der Waals surface area contributed by atoms with Crippen LogP contribution in [0, 0.1) is 0 Å². The number of carbonyl (C=O) groups excluding carboxylic acids is 2. The van der Waals surface area contributed by atoms with Gasteiger partial charge in [-0.05, 0) is 12.8 Å². The van der Waals surface area contributed by atoms with E-state index in [1.807, 2.05) is 0 Å². The maximum absolute atomic E-state index is 12.5. The van der Waals surface area contributed by atoms with E-state index < -0.39 is 12.1 Å². The van der Waals surface area contributed by atoms with Gasteiger partial charge in [-0.25, -0.2) is 0 Å². The highest BCUT2D eigenvalue weighted by Crippen LogP contribution is 2.15. The summed E-state index contributed by atoms with van der Waals surface area (Å²) in [4.78, 5) is 23.9. The molecule has 0 aliphatic rings.